The van der Waals surface area contributed by atoms with E-state index in [0.717, 1.165) is 22.4 Å². The van der Waals surface area contributed by atoms with Gasteiger partial charge in [-0.1, -0.05) is 24.3 Å². The van der Waals surface area contributed by atoms with Crippen LogP contribution in [0, 0.1) is 0 Å². The first-order chi connectivity index (χ1) is 16.4. The summed E-state index contributed by atoms with van der Waals surface area (Å²) >= 11 is 0. The maximum absolute atomic E-state index is 13.3. The van der Waals surface area contributed by atoms with Gasteiger partial charge in [0.05, 0.1) is 18.5 Å². The van der Waals surface area contributed by atoms with Crippen LogP contribution in [-0.4, -0.2) is 43.8 Å². The zero-order valence-corrected chi connectivity index (χ0v) is 18.1. The molecule has 3 aromatic heterocycles. The maximum Gasteiger partial charge on any atom is 0.416 e. The number of anilines is 1. The molecule has 176 valence electrons. The monoisotopic (exact) mass is 469 g/mol. The van der Waals surface area contributed by atoms with Crippen LogP contribution in [0.4, 0.5) is 19.0 Å². The molecule has 3 heterocycles. The lowest BCUT2D eigenvalue weighted by atomic mass is 10.1. The molecule has 11 heteroatoms. The smallest absolute Gasteiger partial charge is 0.382 e. The average molecular weight is 469 g/mol. The van der Waals surface area contributed by atoms with E-state index < -0.39 is 11.7 Å². The van der Waals surface area contributed by atoms with Crippen LogP contribution in [0.2, 0.25) is 0 Å². The molecule has 0 spiro atoms. The zero-order valence-electron chi connectivity index (χ0n) is 18.1. The minimum atomic E-state index is -4.39. The third kappa shape index (κ3) is 4.15. The summed E-state index contributed by atoms with van der Waals surface area (Å²) in [5, 5.41) is 5.03. The Morgan fingerprint density at radius 2 is 1.79 bits per heavy atom. The third-order valence-electron chi connectivity index (χ3n) is 5.70. The zero-order chi connectivity index (χ0) is 23.7. The van der Waals surface area contributed by atoms with Gasteiger partial charge in [-0.15, -0.1) is 0 Å². The van der Waals surface area contributed by atoms with Crippen molar-refractivity contribution in [3.8, 4) is 0 Å². The lowest BCUT2D eigenvalue weighted by Gasteiger charge is -2.11. The van der Waals surface area contributed by atoms with Gasteiger partial charge in [0, 0.05) is 41.4 Å². The Kier molecular flexibility index (Phi) is 5.80. The molecule has 0 unspecified atom stereocenters. The average Bonchev–Trinajstić information content (AvgIpc) is 3.38. The Bertz CT molecular complexity index is 1460. The molecule has 0 fully saturated rings. The third-order valence-corrected chi connectivity index (χ3v) is 5.70. The Balaban J connectivity index is 1.20. The van der Waals surface area contributed by atoms with Gasteiger partial charge >= 0.3 is 6.18 Å². The first kappa shape index (κ1) is 22.1. The summed E-state index contributed by atoms with van der Waals surface area (Å²) in [7, 11) is 0. The Morgan fingerprint density at radius 1 is 0.971 bits per heavy atom. The number of para-hydroxylation sites is 1. The summed E-state index contributed by atoms with van der Waals surface area (Å²) in [6.45, 7) is 2.38. The summed E-state index contributed by atoms with van der Waals surface area (Å²) in [6.07, 6.45) is -1.41. The fraction of sp³-hybridized carbons (Fsp3) is 0.261. The predicted molar refractivity (Wildman–Crippen MR) is 123 cm³/mol. The van der Waals surface area contributed by atoms with Crippen molar-refractivity contribution in [2.24, 2.45) is 0 Å². The van der Waals surface area contributed by atoms with E-state index in [1.165, 1.54) is 12.4 Å². The molecule has 3 N–H and O–H groups in total. The molecule has 0 bridgehead atoms. The number of aromatic nitrogens is 5. The molecule has 0 aliphatic rings. The van der Waals surface area contributed by atoms with Gasteiger partial charge in [-0.25, -0.2) is 15.0 Å². The van der Waals surface area contributed by atoms with Crippen LogP contribution in [0.3, 0.4) is 0 Å². The number of rotatable bonds is 8. The molecule has 5 rings (SSSR count). The van der Waals surface area contributed by atoms with E-state index in [1.807, 2.05) is 28.8 Å². The predicted octanol–water partition coefficient (Wildman–Crippen LogP) is 3.80. The van der Waals surface area contributed by atoms with Crippen LogP contribution in [0.25, 0.3) is 33.0 Å². The van der Waals surface area contributed by atoms with E-state index in [0.29, 0.717) is 48.7 Å². The van der Waals surface area contributed by atoms with Crippen LogP contribution < -0.4 is 11.1 Å². The Morgan fingerprint density at radius 3 is 2.65 bits per heavy atom. The summed E-state index contributed by atoms with van der Waals surface area (Å²) in [5.74, 6) is 0.317. The highest BCUT2D eigenvalue weighted by Crippen LogP contribution is 2.35. The lowest BCUT2D eigenvalue weighted by molar-refractivity contribution is -0.137. The standard InChI is InChI=1S/C23H22F3N7O/c24-23(25,26)15-5-6-17-16-3-1-2-4-18(16)33(19(17)11-15)9-7-28-8-10-34-14-32-13-31-20-21(27)29-12-30-22(20)32/h1-6,11-13,28H,7-10,14H2,(H2,27,29,30). The fourth-order valence-electron chi connectivity index (χ4n) is 4.08. The highest BCUT2D eigenvalue weighted by atomic mass is 19.4. The van der Waals surface area contributed by atoms with Gasteiger partial charge in [0.25, 0.3) is 0 Å². The molecule has 8 nitrogen and oxygen atoms in total. The van der Waals surface area contributed by atoms with Crippen LogP contribution in [-0.2, 0) is 24.2 Å². The van der Waals surface area contributed by atoms with Gasteiger partial charge in [0.15, 0.2) is 11.5 Å². The SMILES string of the molecule is Nc1ncnc2c1ncn2COCCNCCn1c2ccccc2c2ccc(C(F)(F)F)cc21. The molecule has 34 heavy (non-hydrogen) atoms. The fourth-order valence-corrected chi connectivity index (χ4v) is 4.08. The van der Waals surface area contributed by atoms with Crippen molar-refractivity contribution < 1.29 is 17.9 Å². The number of hydrogen-bond acceptors (Lipinski definition) is 6. The lowest BCUT2D eigenvalue weighted by Crippen LogP contribution is -2.24. The van der Waals surface area contributed by atoms with E-state index in [4.69, 9.17) is 10.5 Å². The van der Waals surface area contributed by atoms with Gasteiger partial charge in [-0.3, -0.25) is 4.57 Å². The van der Waals surface area contributed by atoms with Gasteiger partial charge in [-0.05, 0) is 18.2 Å². The minimum Gasteiger partial charge on any atom is -0.382 e. The summed E-state index contributed by atoms with van der Waals surface area (Å²) in [4.78, 5) is 12.3. The number of nitrogens with zero attached hydrogens (tertiary/aromatic N) is 5. The molecular formula is C23H22F3N7O. The van der Waals surface area contributed by atoms with E-state index in [1.54, 1.807) is 17.0 Å². The van der Waals surface area contributed by atoms with Gasteiger partial charge < -0.3 is 20.4 Å². The van der Waals surface area contributed by atoms with Crippen molar-refractivity contribution in [1.82, 2.24) is 29.4 Å². The normalized spacial score (nSPS) is 12.3. The first-order valence-corrected chi connectivity index (χ1v) is 10.7. The largest absolute Gasteiger partial charge is 0.416 e. The van der Waals surface area contributed by atoms with E-state index in [2.05, 4.69) is 20.3 Å². The Hall–Kier alpha value is -3.70. The molecular weight excluding hydrogens is 447 g/mol. The van der Waals surface area contributed by atoms with Crippen LogP contribution >= 0.6 is 0 Å². The summed E-state index contributed by atoms with van der Waals surface area (Å²) < 4.78 is 49.2. The molecule has 2 aromatic carbocycles. The Labute approximate surface area is 192 Å². The number of imidazole rings is 1. The molecule has 0 atom stereocenters. The van der Waals surface area contributed by atoms with Crippen molar-refractivity contribution in [1.29, 1.82) is 0 Å². The van der Waals surface area contributed by atoms with E-state index >= 15 is 0 Å². The van der Waals surface area contributed by atoms with Crippen molar-refractivity contribution >= 4 is 38.8 Å². The quantitative estimate of drug-likeness (QED) is 0.336. The second-order valence-corrected chi connectivity index (χ2v) is 7.83. The number of benzene rings is 2. The number of nitrogen functional groups attached to an aromatic ring is 1. The number of fused-ring (bicyclic) bond motifs is 4. The summed E-state index contributed by atoms with van der Waals surface area (Å²) in [6, 6.07) is 11.6. The number of ether oxygens (including phenoxy) is 1. The topological polar surface area (TPSA) is 95.8 Å². The highest BCUT2D eigenvalue weighted by molar-refractivity contribution is 6.08. The molecule has 0 radical (unpaired) electrons. The summed E-state index contributed by atoms with van der Waals surface area (Å²) in [5.41, 5.74) is 7.74. The van der Waals surface area contributed by atoms with E-state index in [9.17, 15) is 13.2 Å². The van der Waals surface area contributed by atoms with Gasteiger partial charge in [0.2, 0.25) is 0 Å². The maximum atomic E-state index is 13.3. The van der Waals surface area contributed by atoms with Crippen molar-refractivity contribution in [3.63, 3.8) is 0 Å². The van der Waals surface area contributed by atoms with Crippen molar-refractivity contribution in [3.05, 3.63) is 60.7 Å². The van der Waals surface area contributed by atoms with E-state index in [-0.39, 0.29) is 6.73 Å². The molecule has 0 amide bonds. The molecule has 0 saturated heterocycles. The van der Waals surface area contributed by atoms with Crippen LogP contribution in [0.1, 0.15) is 5.56 Å². The van der Waals surface area contributed by atoms with Crippen molar-refractivity contribution in [2.75, 3.05) is 25.4 Å². The van der Waals surface area contributed by atoms with Crippen LogP contribution in [0.5, 0.6) is 0 Å². The van der Waals surface area contributed by atoms with Crippen molar-refractivity contribution in [2.45, 2.75) is 19.5 Å². The second-order valence-electron chi connectivity index (χ2n) is 7.83. The molecule has 0 aliphatic carbocycles. The number of nitrogens with one attached hydrogen (secondary N) is 1. The minimum absolute atomic E-state index is 0.266. The number of alkyl halides is 3. The number of hydrogen-bond donors (Lipinski definition) is 2. The van der Waals surface area contributed by atoms with Gasteiger partial charge in [-0.2, -0.15) is 13.2 Å². The molecule has 0 saturated carbocycles. The highest BCUT2D eigenvalue weighted by Gasteiger charge is 2.31. The van der Waals surface area contributed by atoms with Crippen LogP contribution in [0.15, 0.2) is 55.1 Å². The first-order valence-electron chi connectivity index (χ1n) is 10.7. The molecule has 5 aromatic rings. The number of nitrogens with two attached hydrogens (primary N) is 1. The second kappa shape index (κ2) is 8.92. The van der Waals surface area contributed by atoms with Gasteiger partial charge in [0.1, 0.15) is 18.6 Å². The molecule has 0 aliphatic heterocycles. The number of halogens is 3.